The van der Waals surface area contributed by atoms with Gasteiger partial charge >= 0.3 is 0 Å². The monoisotopic (exact) mass is 318 g/mol. The number of hydrogen-bond donors (Lipinski definition) is 1. The number of rotatable bonds is 4. The first-order valence-electron chi connectivity index (χ1n) is 4.98. The summed E-state index contributed by atoms with van der Waals surface area (Å²) >= 11 is 9.14. The van der Waals surface area contributed by atoms with E-state index in [2.05, 4.69) is 15.9 Å². The second kappa shape index (κ2) is 6.02. The smallest absolute Gasteiger partial charge is 0.254 e. The largest absolute Gasteiger partial charge is 0.368 e. The minimum absolute atomic E-state index is 0.0942. The van der Waals surface area contributed by atoms with Crippen molar-refractivity contribution >= 4 is 39.3 Å². The van der Waals surface area contributed by atoms with Gasteiger partial charge in [0.1, 0.15) is 0 Å². The molecule has 17 heavy (non-hydrogen) atoms. The van der Waals surface area contributed by atoms with Gasteiger partial charge in [-0.25, -0.2) is 0 Å². The molecule has 1 aromatic carbocycles. The van der Waals surface area contributed by atoms with E-state index < -0.39 is 5.91 Å². The number of amides is 2. The fourth-order valence-electron chi connectivity index (χ4n) is 1.33. The van der Waals surface area contributed by atoms with Gasteiger partial charge < -0.3 is 10.6 Å². The van der Waals surface area contributed by atoms with Crippen LogP contribution in [0.4, 0.5) is 0 Å². The van der Waals surface area contributed by atoms with Crippen LogP contribution in [-0.4, -0.2) is 29.8 Å². The highest BCUT2D eigenvalue weighted by Crippen LogP contribution is 2.23. The molecule has 0 radical (unpaired) electrons. The van der Waals surface area contributed by atoms with Gasteiger partial charge in [-0.1, -0.05) is 11.6 Å². The Hall–Kier alpha value is -1.07. The molecule has 0 bridgehead atoms. The number of hydrogen-bond acceptors (Lipinski definition) is 2. The number of nitrogens with zero attached hydrogens (tertiary/aromatic N) is 1. The van der Waals surface area contributed by atoms with Gasteiger partial charge in [0.2, 0.25) is 5.91 Å². The van der Waals surface area contributed by atoms with Crippen molar-refractivity contribution in [3.8, 4) is 0 Å². The number of primary amides is 1. The van der Waals surface area contributed by atoms with Gasteiger partial charge in [0.15, 0.2) is 0 Å². The van der Waals surface area contributed by atoms with Crippen molar-refractivity contribution in [2.24, 2.45) is 5.73 Å². The van der Waals surface area contributed by atoms with Crippen molar-refractivity contribution in [3.63, 3.8) is 0 Å². The Morgan fingerprint density at radius 2 is 2.12 bits per heavy atom. The second-order valence-corrected chi connectivity index (χ2v) is 4.68. The molecule has 0 aliphatic carbocycles. The SMILES string of the molecule is CCN(CC(N)=O)C(=O)c1ccc(Br)c(Cl)c1. The Morgan fingerprint density at radius 1 is 1.47 bits per heavy atom. The van der Waals surface area contributed by atoms with Crippen molar-refractivity contribution < 1.29 is 9.59 Å². The van der Waals surface area contributed by atoms with Crippen LogP contribution in [-0.2, 0) is 4.79 Å². The highest BCUT2D eigenvalue weighted by molar-refractivity contribution is 9.10. The average Bonchev–Trinajstić information content (AvgIpc) is 2.28. The molecule has 0 aromatic heterocycles. The number of likely N-dealkylation sites (N-methyl/N-ethyl adjacent to an activating group) is 1. The third kappa shape index (κ3) is 3.71. The number of nitrogens with two attached hydrogens (primary N) is 1. The van der Waals surface area contributed by atoms with Gasteiger partial charge in [-0.15, -0.1) is 0 Å². The van der Waals surface area contributed by atoms with Crippen LogP contribution in [0.25, 0.3) is 0 Å². The first kappa shape index (κ1) is 14.0. The Balaban J connectivity index is 2.93. The molecular weight excluding hydrogens is 307 g/mol. The predicted molar refractivity (Wildman–Crippen MR) is 69.9 cm³/mol. The van der Waals surface area contributed by atoms with E-state index in [-0.39, 0.29) is 12.5 Å². The van der Waals surface area contributed by atoms with Gasteiger partial charge in [-0.2, -0.15) is 0 Å². The average molecular weight is 320 g/mol. The van der Waals surface area contributed by atoms with Crippen molar-refractivity contribution in [2.75, 3.05) is 13.1 Å². The molecule has 4 nitrogen and oxygen atoms in total. The van der Waals surface area contributed by atoms with Crippen LogP contribution in [0.3, 0.4) is 0 Å². The van der Waals surface area contributed by atoms with Gasteiger partial charge in [0.25, 0.3) is 5.91 Å². The summed E-state index contributed by atoms with van der Waals surface area (Å²) in [6.07, 6.45) is 0. The zero-order chi connectivity index (χ0) is 13.0. The third-order valence-corrected chi connectivity index (χ3v) is 3.41. The molecule has 0 unspecified atom stereocenters. The molecule has 0 aliphatic rings. The van der Waals surface area contributed by atoms with Crippen LogP contribution < -0.4 is 5.73 Å². The quantitative estimate of drug-likeness (QED) is 0.923. The molecule has 1 aromatic rings. The lowest BCUT2D eigenvalue weighted by atomic mass is 10.2. The summed E-state index contributed by atoms with van der Waals surface area (Å²) in [5.41, 5.74) is 5.50. The number of carbonyl (C=O) groups excluding carboxylic acids is 2. The van der Waals surface area contributed by atoms with E-state index in [0.29, 0.717) is 21.6 Å². The molecule has 0 spiro atoms. The molecule has 0 saturated heterocycles. The maximum absolute atomic E-state index is 12.0. The third-order valence-electron chi connectivity index (χ3n) is 2.18. The Bertz CT molecular complexity index is 451. The van der Waals surface area contributed by atoms with E-state index in [1.54, 1.807) is 25.1 Å². The van der Waals surface area contributed by atoms with E-state index in [1.165, 1.54) is 4.90 Å². The van der Waals surface area contributed by atoms with Crippen LogP contribution in [0.15, 0.2) is 22.7 Å². The fourth-order valence-corrected chi connectivity index (χ4v) is 1.75. The van der Waals surface area contributed by atoms with Crippen LogP contribution in [0.2, 0.25) is 5.02 Å². The molecule has 0 atom stereocenters. The summed E-state index contributed by atoms with van der Waals surface area (Å²) in [5.74, 6) is -0.802. The summed E-state index contributed by atoms with van der Waals surface area (Å²) in [4.78, 5) is 24.2. The van der Waals surface area contributed by atoms with E-state index in [4.69, 9.17) is 17.3 Å². The lowest BCUT2D eigenvalue weighted by Crippen LogP contribution is -2.38. The van der Waals surface area contributed by atoms with Crippen LogP contribution in [0.5, 0.6) is 0 Å². The molecule has 2 N–H and O–H groups in total. The summed E-state index contributed by atoms with van der Waals surface area (Å²) in [6.45, 7) is 2.10. The van der Waals surface area contributed by atoms with Gasteiger partial charge in [-0.05, 0) is 41.1 Å². The van der Waals surface area contributed by atoms with Crippen molar-refractivity contribution in [1.29, 1.82) is 0 Å². The standard InChI is InChI=1S/C11H12BrClN2O2/c1-2-15(6-10(14)16)11(17)7-3-4-8(12)9(13)5-7/h3-5H,2,6H2,1H3,(H2,14,16). The molecule has 0 fully saturated rings. The Morgan fingerprint density at radius 3 is 2.59 bits per heavy atom. The van der Waals surface area contributed by atoms with Gasteiger partial charge in [-0.3, -0.25) is 9.59 Å². The molecule has 6 heteroatoms. The maximum atomic E-state index is 12.0. The summed E-state index contributed by atoms with van der Waals surface area (Å²) < 4.78 is 0.716. The van der Waals surface area contributed by atoms with E-state index in [9.17, 15) is 9.59 Å². The molecule has 0 aliphatic heterocycles. The molecule has 0 saturated carbocycles. The maximum Gasteiger partial charge on any atom is 0.254 e. The molecule has 2 amide bonds. The molecular formula is C11H12BrClN2O2. The van der Waals surface area contributed by atoms with Crippen LogP contribution in [0.1, 0.15) is 17.3 Å². The number of carbonyl (C=O) groups is 2. The minimum atomic E-state index is -0.539. The normalized spacial score (nSPS) is 10.1. The number of benzene rings is 1. The van der Waals surface area contributed by atoms with Gasteiger partial charge in [0, 0.05) is 16.6 Å². The summed E-state index contributed by atoms with van der Waals surface area (Å²) in [6, 6.07) is 4.88. The van der Waals surface area contributed by atoms with Crippen molar-refractivity contribution in [1.82, 2.24) is 4.90 Å². The van der Waals surface area contributed by atoms with E-state index in [1.807, 2.05) is 0 Å². The second-order valence-electron chi connectivity index (χ2n) is 3.41. The topological polar surface area (TPSA) is 63.4 Å². The van der Waals surface area contributed by atoms with Crippen molar-refractivity contribution in [3.05, 3.63) is 33.3 Å². The highest BCUT2D eigenvalue weighted by atomic mass is 79.9. The molecule has 0 heterocycles. The zero-order valence-corrected chi connectivity index (χ0v) is 11.6. The predicted octanol–water partition coefficient (Wildman–Crippen LogP) is 2.05. The highest BCUT2D eigenvalue weighted by Gasteiger charge is 2.16. The lowest BCUT2D eigenvalue weighted by Gasteiger charge is -2.19. The van der Waals surface area contributed by atoms with Crippen LogP contribution >= 0.6 is 27.5 Å². The Labute approximate surface area is 113 Å². The zero-order valence-electron chi connectivity index (χ0n) is 9.24. The van der Waals surface area contributed by atoms with E-state index in [0.717, 1.165) is 0 Å². The molecule has 1 rings (SSSR count). The van der Waals surface area contributed by atoms with Gasteiger partial charge in [0.05, 0.1) is 11.6 Å². The summed E-state index contributed by atoms with van der Waals surface area (Å²) in [7, 11) is 0. The van der Waals surface area contributed by atoms with Crippen LogP contribution in [0, 0.1) is 0 Å². The minimum Gasteiger partial charge on any atom is -0.368 e. The van der Waals surface area contributed by atoms with Crippen molar-refractivity contribution in [2.45, 2.75) is 6.92 Å². The first-order valence-corrected chi connectivity index (χ1v) is 6.15. The summed E-state index contributed by atoms with van der Waals surface area (Å²) in [5, 5.41) is 0.450. The lowest BCUT2D eigenvalue weighted by molar-refractivity contribution is -0.118. The number of halogens is 2. The van der Waals surface area contributed by atoms with E-state index >= 15 is 0 Å². The Kier molecular flexibility index (Phi) is 4.96. The first-order chi connectivity index (χ1) is 7.95. The molecule has 92 valence electrons. The fraction of sp³-hybridized carbons (Fsp3) is 0.273.